The van der Waals surface area contributed by atoms with Gasteiger partial charge in [-0.05, 0) is 48.3 Å². The van der Waals surface area contributed by atoms with Crippen molar-refractivity contribution < 1.29 is 22.8 Å². The van der Waals surface area contributed by atoms with E-state index in [0.717, 1.165) is 24.8 Å². The van der Waals surface area contributed by atoms with Crippen molar-refractivity contribution in [2.45, 2.75) is 71.4 Å². The van der Waals surface area contributed by atoms with Gasteiger partial charge in [-0.2, -0.15) is 13.2 Å². The molecule has 176 valence electrons. The van der Waals surface area contributed by atoms with Crippen LogP contribution in [0.5, 0.6) is 0 Å². The number of amides is 1. The van der Waals surface area contributed by atoms with E-state index in [1.807, 2.05) is 0 Å². The van der Waals surface area contributed by atoms with Gasteiger partial charge in [0, 0.05) is 19.8 Å². The summed E-state index contributed by atoms with van der Waals surface area (Å²) in [4.78, 5) is 20.5. The van der Waals surface area contributed by atoms with E-state index < -0.39 is 11.7 Å². The van der Waals surface area contributed by atoms with Gasteiger partial charge in [-0.3, -0.25) is 9.59 Å². The molecule has 2 aromatic carbocycles. The Bertz CT molecular complexity index is 830. The number of halogens is 3. The number of nitrogens with two attached hydrogens (primary N) is 1. The van der Waals surface area contributed by atoms with Crippen LogP contribution >= 0.6 is 0 Å². The van der Waals surface area contributed by atoms with E-state index >= 15 is 0 Å². The van der Waals surface area contributed by atoms with Crippen LogP contribution in [0.1, 0.15) is 75.5 Å². The minimum absolute atomic E-state index is 0.0430. The van der Waals surface area contributed by atoms with Crippen molar-refractivity contribution in [1.82, 2.24) is 0 Å². The zero-order valence-electron chi connectivity index (χ0n) is 19.1. The Labute approximate surface area is 189 Å². The molecule has 0 aliphatic heterocycles. The molecular formula is C26H34F3NO2. The summed E-state index contributed by atoms with van der Waals surface area (Å²) in [6.07, 6.45) is 0.699. The number of hydrogen-bond donors (Lipinski definition) is 1. The number of benzene rings is 2. The normalized spacial score (nSPS) is 16.7. The molecule has 3 nitrogen and oxygen atoms in total. The summed E-state index contributed by atoms with van der Waals surface area (Å²) >= 11 is 0. The van der Waals surface area contributed by atoms with Crippen LogP contribution < -0.4 is 5.73 Å². The number of carbonyl (C=O) groups is 2. The minimum atomic E-state index is -4.31. The van der Waals surface area contributed by atoms with E-state index in [2.05, 4.69) is 49.9 Å². The van der Waals surface area contributed by atoms with E-state index in [0.29, 0.717) is 18.4 Å². The molecular weight excluding hydrogens is 415 g/mol. The molecule has 1 aliphatic carbocycles. The van der Waals surface area contributed by atoms with Crippen LogP contribution in [-0.4, -0.2) is 11.7 Å². The molecule has 0 saturated heterocycles. The van der Waals surface area contributed by atoms with Crippen LogP contribution in [0.4, 0.5) is 13.2 Å². The van der Waals surface area contributed by atoms with Gasteiger partial charge in [0.2, 0.25) is 5.91 Å². The van der Waals surface area contributed by atoms with E-state index in [9.17, 15) is 22.8 Å². The van der Waals surface area contributed by atoms with Gasteiger partial charge >= 0.3 is 6.18 Å². The van der Waals surface area contributed by atoms with Gasteiger partial charge in [0.1, 0.15) is 5.78 Å². The standard InChI is InChI=1S/C13H13F3O.C11H16.C2H5NO/c14-13(15,16)11-5-1-3-9(7-11)10-4-2-6-12(17)8-10;1-3-10(2)9-11-7-5-4-6-8-11;1-2(3)4/h1,3,5,7,10H,2,4,6,8H2;4-8,10H,3,9H2,1-2H3;1H3,(H2,3,4). The number of hydrogen-bond acceptors (Lipinski definition) is 2. The predicted octanol–water partition coefficient (Wildman–Crippen LogP) is 6.70. The Morgan fingerprint density at radius 2 is 1.75 bits per heavy atom. The Morgan fingerprint density at radius 1 is 1.12 bits per heavy atom. The number of alkyl halides is 3. The molecule has 1 amide bonds. The van der Waals surface area contributed by atoms with Crippen molar-refractivity contribution in [3.63, 3.8) is 0 Å². The van der Waals surface area contributed by atoms with Gasteiger partial charge in [-0.15, -0.1) is 0 Å². The summed E-state index contributed by atoms with van der Waals surface area (Å²) in [6.45, 7) is 5.85. The molecule has 0 heterocycles. The Kier molecular flexibility index (Phi) is 11.7. The minimum Gasteiger partial charge on any atom is -0.370 e. The molecule has 1 aliphatic rings. The second kappa shape index (κ2) is 13.7. The zero-order chi connectivity index (χ0) is 24.1. The summed E-state index contributed by atoms with van der Waals surface area (Å²) in [6, 6.07) is 16.0. The van der Waals surface area contributed by atoms with Crippen LogP contribution in [0.3, 0.4) is 0 Å². The molecule has 6 heteroatoms. The van der Waals surface area contributed by atoms with Gasteiger partial charge in [0.25, 0.3) is 0 Å². The average molecular weight is 450 g/mol. The molecule has 0 radical (unpaired) electrons. The topological polar surface area (TPSA) is 60.2 Å². The fourth-order valence-electron chi connectivity index (χ4n) is 3.44. The summed E-state index contributed by atoms with van der Waals surface area (Å²) in [7, 11) is 0. The fourth-order valence-corrected chi connectivity index (χ4v) is 3.44. The summed E-state index contributed by atoms with van der Waals surface area (Å²) < 4.78 is 37.6. The van der Waals surface area contributed by atoms with Crippen LogP contribution in [0, 0.1) is 5.92 Å². The molecule has 0 aromatic heterocycles. The van der Waals surface area contributed by atoms with Gasteiger partial charge < -0.3 is 5.73 Å². The molecule has 1 fully saturated rings. The molecule has 0 spiro atoms. The zero-order valence-corrected chi connectivity index (χ0v) is 19.1. The first kappa shape index (κ1) is 27.4. The highest BCUT2D eigenvalue weighted by Gasteiger charge is 2.31. The van der Waals surface area contributed by atoms with Crippen molar-refractivity contribution in [2.24, 2.45) is 11.7 Å². The maximum absolute atomic E-state index is 12.5. The first-order chi connectivity index (χ1) is 15.0. The quantitative estimate of drug-likeness (QED) is 0.565. The van der Waals surface area contributed by atoms with Crippen molar-refractivity contribution in [3.8, 4) is 0 Å². The van der Waals surface area contributed by atoms with Crippen LogP contribution in [-0.2, 0) is 22.2 Å². The molecule has 1 saturated carbocycles. The summed E-state index contributed by atoms with van der Waals surface area (Å²) in [5.74, 6) is 0.592. The number of primary amides is 1. The molecule has 2 aromatic rings. The van der Waals surface area contributed by atoms with Crippen molar-refractivity contribution in [1.29, 1.82) is 0 Å². The SMILES string of the molecule is CC(N)=O.CCC(C)Cc1ccccc1.O=C1CCCC(c2cccc(C(F)(F)F)c2)C1. The lowest BCUT2D eigenvalue weighted by Crippen LogP contribution is -2.14. The first-order valence-corrected chi connectivity index (χ1v) is 11.0. The lowest BCUT2D eigenvalue weighted by Gasteiger charge is -2.21. The largest absolute Gasteiger partial charge is 0.416 e. The van der Waals surface area contributed by atoms with Gasteiger partial charge in [-0.25, -0.2) is 0 Å². The molecule has 3 rings (SSSR count). The summed E-state index contributed by atoms with van der Waals surface area (Å²) in [5, 5.41) is 0. The lowest BCUT2D eigenvalue weighted by atomic mass is 9.83. The maximum atomic E-state index is 12.5. The fraction of sp³-hybridized carbons (Fsp3) is 0.462. The molecule has 2 N–H and O–H groups in total. The van der Waals surface area contributed by atoms with E-state index in [1.165, 1.54) is 37.5 Å². The van der Waals surface area contributed by atoms with E-state index in [-0.39, 0.29) is 17.6 Å². The predicted molar refractivity (Wildman–Crippen MR) is 122 cm³/mol. The molecule has 32 heavy (non-hydrogen) atoms. The van der Waals surface area contributed by atoms with Crippen LogP contribution in [0.15, 0.2) is 54.6 Å². The Morgan fingerprint density at radius 3 is 2.28 bits per heavy atom. The number of carbonyl (C=O) groups excluding carboxylic acids is 2. The second-order valence-corrected chi connectivity index (χ2v) is 8.27. The monoisotopic (exact) mass is 449 g/mol. The number of Topliss-reactive ketones (excluding diaryl/α,β-unsaturated/α-hetero) is 1. The third-order valence-corrected chi connectivity index (χ3v) is 5.29. The third kappa shape index (κ3) is 11.1. The van der Waals surface area contributed by atoms with E-state index in [4.69, 9.17) is 0 Å². The third-order valence-electron chi connectivity index (χ3n) is 5.29. The van der Waals surface area contributed by atoms with Crippen molar-refractivity contribution in [3.05, 3.63) is 71.3 Å². The lowest BCUT2D eigenvalue weighted by molar-refractivity contribution is -0.137. The highest BCUT2D eigenvalue weighted by atomic mass is 19.4. The van der Waals surface area contributed by atoms with Crippen LogP contribution in [0.25, 0.3) is 0 Å². The Balaban J connectivity index is 0.000000293. The molecule has 0 bridgehead atoms. The summed E-state index contributed by atoms with van der Waals surface area (Å²) in [5.41, 5.74) is 5.93. The van der Waals surface area contributed by atoms with Gasteiger partial charge in [-0.1, -0.05) is 68.8 Å². The smallest absolute Gasteiger partial charge is 0.370 e. The van der Waals surface area contributed by atoms with Crippen LogP contribution in [0.2, 0.25) is 0 Å². The highest BCUT2D eigenvalue weighted by molar-refractivity contribution is 5.80. The molecule has 2 unspecified atom stereocenters. The van der Waals surface area contributed by atoms with Gasteiger partial charge in [0.05, 0.1) is 5.56 Å². The van der Waals surface area contributed by atoms with E-state index in [1.54, 1.807) is 6.07 Å². The molecule has 2 atom stereocenters. The second-order valence-electron chi connectivity index (χ2n) is 8.27. The average Bonchev–Trinajstić information content (AvgIpc) is 2.74. The number of ketones is 1. The number of rotatable bonds is 4. The van der Waals surface area contributed by atoms with Gasteiger partial charge in [0.15, 0.2) is 0 Å². The maximum Gasteiger partial charge on any atom is 0.416 e. The highest BCUT2D eigenvalue weighted by Crippen LogP contribution is 2.35. The van der Waals surface area contributed by atoms with Crippen molar-refractivity contribution in [2.75, 3.05) is 0 Å². The Hall–Kier alpha value is -2.63. The first-order valence-electron chi connectivity index (χ1n) is 11.0. The van der Waals surface area contributed by atoms with Crippen molar-refractivity contribution >= 4 is 11.7 Å².